The number of rotatable bonds is 5. The second-order valence-electron chi connectivity index (χ2n) is 5.86. The van der Waals surface area contributed by atoms with Crippen LogP contribution in [-0.2, 0) is 10.0 Å². The van der Waals surface area contributed by atoms with Gasteiger partial charge >= 0.3 is 0 Å². The summed E-state index contributed by atoms with van der Waals surface area (Å²) in [6.45, 7) is 3.63. The molecule has 0 saturated heterocycles. The third kappa shape index (κ3) is 3.13. The number of hydrogen-bond acceptors (Lipinski definition) is 3. The quantitative estimate of drug-likeness (QED) is 0.820. The minimum Gasteiger partial charge on any atom is -0.260 e. The van der Waals surface area contributed by atoms with Crippen molar-refractivity contribution in [2.24, 2.45) is 0 Å². The SMILES string of the molecule is Cc1c(Cl)cccc1S(=O)(=O)N(C1CC1)[C@H](C)c1ccccn1. The summed E-state index contributed by atoms with van der Waals surface area (Å²) in [5.41, 5.74) is 1.34. The van der Waals surface area contributed by atoms with E-state index < -0.39 is 10.0 Å². The zero-order valence-electron chi connectivity index (χ0n) is 13.1. The van der Waals surface area contributed by atoms with Crippen molar-refractivity contribution in [3.05, 3.63) is 58.9 Å². The van der Waals surface area contributed by atoms with Crippen molar-refractivity contribution < 1.29 is 8.42 Å². The van der Waals surface area contributed by atoms with E-state index in [1.54, 1.807) is 35.6 Å². The van der Waals surface area contributed by atoms with Gasteiger partial charge in [-0.2, -0.15) is 4.31 Å². The number of halogens is 1. The fourth-order valence-corrected chi connectivity index (χ4v) is 5.12. The highest BCUT2D eigenvalue weighted by Crippen LogP contribution is 2.39. The molecule has 3 rings (SSSR count). The molecule has 6 heteroatoms. The van der Waals surface area contributed by atoms with Crippen molar-refractivity contribution in [3.8, 4) is 0 Å². The lowest BCUT2D eigenvalue weighted by molar-refractivity contribution is 0.328. The van der Waals surface area contributed by atoms with E-state index in [2.05, 4.69) is 4.98 Å². The second-order valence-corrected chi connectivity index (χ2v) is 8.08. The molecular formula is C17H19ClN2O2S. The monoisotopic (exact) mass is 350 g/mol. The van der Waals surface area contributed by atoms with Gasteiger partial charge < -0.3 is 0 Å². The first-order chi connectivity index (χ1) is 10.9. The van der Waals surface area contributed by atoms with E-state index in [0.717, 1.165) is 18.5 Å². The van der Waals surface area contributed by atoms with E-state index in [1.807, 2.05) is 25.1 Å². The normalized spacial score (nSPS) is 16.5. The fourth-order valence-electron chi connectivity index (χ4n) is 2.78. The van der Waals surface area contributed by atoms with Crippen LogP contribution in [0.1, 0.15) is 37.1 Å². The summed E-state index contributed by atoms with van der Waals surface area (Å²) in [7, 11) is -3.63. The van der Waals surface area contributed by atoms with Crippen LogP contribution in [0.2, 0.25) is 5.02 Å². The summed E-state index contributed by atoms with van der Waals surface area (Å²) >= 11 is 6.12. The smallest absolute Gasteiger partial charge is 0.244 e. The summed E-state index contributed by atoms with van der Waals surface area (Å²) in [6.07, 6.45) is 3.46. The Kier molecular flexibility index (Phi) is 4.45. The fraction of sp³-hybridized carbons (Fsp3) is 0.353. The average molecular weight is 351 g/mol. The highest BCUT2D eigenvalue weighted by molar-refractivity contribution is 7.89. The zero-order chi connectivity index (χ0) is 16.6. The summed E-state index contributed by atoms with van der Waals surface area (Å²) in [4.78, 5) is 4.60. The molecular weight excluding hydrogens is 332 g/mol. The molecule has 1 fully saturated rings. The van der Waals surface area contributed by atoms with Gasteiger partial charge in [-0.1, -0.05) is 23.7 Å². The molecule has 0 aliphatic heterocycles. The van der Waals surface area contributed by atoms with Gasteiger partial charge in [0.1, 0.15) is 0 Å². The van der Waals surface area contributed by atoms with Crippen LogP contribution >= 0.6 is 11.6 Å². The first-order valence-corrected chi connectivity index (χ1v) is 9.44. The van der Waals surface area contributed by atoms with Gasteiger partial charge in [-0.05, 0) is 56.5 Å². The Morgan fingerprint density at radius 3 is 2.57 bits per heavy atom. The molecule has 0 unspecified atom stereocenters. The Labute approximate surface area is 142 Å². The lowest BCUT2D eigenvalue weighted by atomic mass is 10.2. The van der Waals surface area contributed by atoms with E-state index in [0.29, 0.717) is 10.6 Å². The van der Waals surface area contributed by atoms with Gasteiger partial charge in [-0.3, -0.25) is 4.98 Å². The van der Waals surface area contributed by atoms with Crippen LogP contribution in [0, 0.1) is 6.92 Å². The van der Waals surface area contributed by atoms with Crippen molar-refractivity contribution in [3.63, 3.8) is 0 Å². The standard InChI is InChI=1S/C17H19ClN2O2S/c1-12-15(18)6-5-8-17(12)23(21,22)20(14-9-10-14)13(2)16-7-3-4-11-19-16/h3-8,11,13-14H,9-10H2,1-2H3/t13-/m1/s1. The van der Waals surface area contributed by atoms with Gasteiger partial charge in [0.05, 0.1) is 16.6 Å². The zero-order valence-corrected chi connectivity index (χ0v) is 14.7. The molecule has 1 heterocycles. The second kappa shape index (κ2) is 6.23. The maximum absolute atomic E-state index is 13.2. The largest absolute Gasteiger partial charge is 0.260 e. The molecule has 1 aliphatic carbocycles. The molecule has 2 aromatic rings. The molecule has 23 heavy (non-hydrogen) atoms. The number of nitrogens with zero attached hydrogens (tertiary/aromatic N) is 2. The molecule has 0 bridgehead atoms. The Morgan fingerprint density at radius 1 is 1.22 bits per heavy atom. The maximum Gasteiger partial charge on any atom is 0.244 e. The summed E-state index contributed by atoms with van der Waals surface area (Å²) in [5.74, 6) is 0. The topological polar surface area (TPSA) is 50.3 Å². The van der Waals surface area contributed by atoms with Gasteiger partial charge in [-0.15, -0.1) is 0 Å². The Balaban J connectivity index is 2.06. The molecule has 1 saturated carbocycles. The van der Waals surface area contributed by atoms with Gasteiger partial charge in [0.2, 0.25) is 10.0 Å². The predicted molar refractivity (Wildman–Crippen MR) is 90.9 cm³/mol. The minimum absolute atomic E-state index is 0.0374. The maximum atomic E-state index is 13.2. The van der Waals surface area contributed by atoms with Gasteiger partial charge in [0, 0.05) is 17.3 Å². The van der Waals surface area contributed by atoms with Crippen LogP contribution in [0.5, 0.6) is 0 Å². The summed E-state index contributed by atoms with van der Waals surface area (Å²) < 4.78 is 28.1. The number of hydrogen-bond donors (Lipinski definition) is 0. The Morgan fingerprint density at radius 2 is 1.96 bits per heavy atom. The predicted octanol–water partition coefficient (Wildman–Crippen LogP) is 3.96. The van der Waals surface area contributed by atoms with Gasteiger partial charge in [0.15, 0.2) is 0 Å². The molecule has 1 aromatic heterocycles. The van der Waals surface area contributed by atoms with Crippen LogP contribution in [0.15, 0.2) is 47.5 Å². The van der Waals surface area contributed by atoms with E-state index in [1.165, 1.54) is 0 Å². The molecule has 0 N–H and O–H groups in total. The summed E-state index contributed by atoms with van der Waals surface area (Å²) in [6, 6.07) is 10.3. The minimum atomic E-state index is -3.63. The molecule has 1 aliphatic rings. The highest BCUT2D eigenvalue weighted by Gasteiger charge is 2.42. The molecule has 4 nitrogen and oxygen atoms in total. The van der Waals surface area contributed by atoms with Crippen LogP contribution in [0.4, 0.5) is 0 Å². The van der Waals surface area contributed by atoms with E-state index in [-0.39, 0.29) is 17.0 Å². The average Bonchev–Trinajstić information content (AvgIpc) is 3.35. The molecule has 1 aromatic carbocycles. The summed E-state index contributed by atoms with van der Waals surface area (Å²) in [5, 5.41) is 0.465. The third-order valence-electron chi connectivity index (χ3n) is 4.18. The molecule has 122 valence electrons. The molecule has 0 radical (unpaired) electrons. The third-order valence-corrected chi connectivity index (χ3v) is 6.75. The highest BCUT2D eigenvalue weighted by atomic mass is 35.5. The number of aromatic nitrogens is 1. The van der Waals surface area contributed by atoms with Crippen LogP contribution in [0.25, 0.3) is 0 Å². The van der Waals surface area contributed by atoms with Crippen LogP contribution in [-0.4, -0.2) is 23.7 Å². The Bertz CT molecular complexity index is 805. The molecule has 0 amide bonds. The van der Waals surface area contributed by atoms with Crippen molar-refractivity contribution in [1.82, 2.24) is 9.29 Å². The van der Waals surface area contributed by atoms with Crippen molar-refractivity contribution in [2.75, 3.05) is 0 Å². The van der Waals surface area contributed by atoms with Crippen LogP contribution < -0.4 is 0 Å². The van der Waals surface area contributed by atoms with E-state index in [4.69, 9.17) is 11.6 Å². The van der Waals surface area contributed by atoms with Gasteiger partial charge in [-0.25, -0.2) is 8.42 Å². The Hall–Kier alpha value is -1.43. The number of pyridine rings is 1. The van der Waals surface area contributed by atoms with Crippen molar-refractivity contribution >= 4 is 21.6 Å². The van der Waals surface area contributed by atoms with E-state index in [9.17, 15) is 8.42 Å². The first-order valence-electron chi connectivity index (χ1n) is 7.62. The van der Waals surface area contributed by atoms with Gasteiger partial charge in [0.25, 0.3) is 0 Å². The molecule has 0 spiro atoms. The van der Waals surface area contributed by atoms with Crippen molar-refractivity contribution in [2.45, 2.75) is 43.7 Å². The van der Waals surface area contributed by atoms with E-state index >= 15 is 0 Å². The lowest BCUT2D eigenvalue weighted by Gasteiger charge is -2.28. The van der Waals surface area contributed by atoms with Crippen molar-refractivity contribution in [1.29, 1.82) is 0 Å². The molecule has 1 atom stereocenters. The van der Waals surface area contributed by atoms with Crippen LogP contribution in [0.3, 0.4) is 0 Å². The number of benzene rings is 1. The first kappa shape index (κ1) is 16.4. The number of sulfonamides is 1. The lowest BCUT2D eigenvalue weighted by Crippen LogP contribution is -2.36.